The molecule has 6 heteroatoms. The van der Waals surface area contributed by atoms with Gasteiger partial charge in [-0.05, 0) is 20.8 Å². The van der Waals surface area contributed by atoms with Crippen molar-refractivity contribution in [2.24, 2.45) is 5.73 Å². The number of nitrogens with one attached hydrogen (secondary N) is 1. The fraction of sp³-hybridized carbons (Fsp3) is 0.750. The van der Waals surface area contributed by atoms with Crippen molar-refractivity contribution in [3.05, 3.63) is 0 Å². The minimum Gasteiger partial charge on any atom is -0.442 e. The van der Waals surface area contributed by atoms with Gasteiger partial charge >= 0.3 is 6.09 Å². The second-order valence-electron chi connectivity index (χ2n) is 3.67. The quantitative estimate of drug-likeness (QED) is 0.509. The molecule has 0 aliphatic rings. The molecule has 0 saturated carbocycles. The van der Waals surface area contributed by atoms with Crippen LogP contribution >= 0.6 is 0 Å². The lowest BCUT2D eigenvalue weighted by Crippen LogP contribution is -2.33. The first kappa shape index (κ1) is 12.7. The van der Waals surface area contributed by atoms with Crippen LogP contribution in [0, 0.1) is 0 Å². The molecule has 0 fully saturated rings. The smallest absolute Gasteiger partial charge is 0.431 e. The molecule has 0 saturated heterocycles. The van der Waals surface area contributed by atoms with Crippen molar-refractivity contribution in [3.8, 4) is 0 Å². The van der Waals surface area contributed by atoms with Crippen LogP contribution in [-0.4, -0.2) is 24.2 Å². The molecule has 3 N–H and O–H groups in total. The van der Waals surface area contributed by atoms with Crippen molar-refractivity contribution < 1.29 is 19.2 Å². The Hall–Kier alpha value is -1.30. The first-order chi connectivity index (χ1) is 6.31. The highest BCUT2D eigenvalue weighted by molar-refractivity contribution is 5.73. The molecule has 0 aromatic heterocycles. The maximum Gasteiger partial charge on any atom is 0.431 e. The first-order valence-electron chi connectivity index (χ1n) is 4.20. The van der Waals surface area contributed by atoms with E-state index in [-0.39, 0.29) is 13.0 Å². The molecule has 0 rings (SSSR count). The Balaban J connectivity index is 3.50. The molecule has 0 radical (unpaired) electrons. The van der Waals surface area contributed by atoms with Crippen molar-refractivity contribution in [1.82, 2.24) is 5.48 Å². The van der Waals surface area contributed by atoms with E-state index >= 15 is 0 Å². The second-order valence-corrected chi connectivity index (χ2v) is 3.67. The number of ether oxygens (including phenoxy) is 1. The normalized spacial score (nSPS) is 10.8. The monoisotopic (exact) mass is 204 g/mol. The molecule has 0 aromatic carbocycles. The van der Waals surface area contributed by atoms with Crippen LogP contribution in [0.1, 0.15) is 27.2 Å². The molecule has 82 valence electrons. The van der Waals surface area contributed by atoms with Gasteiger partial charge in [0, 0.05) is 0 Å². The fourth-order valence-electron chi connectivity index (χ4n) is 0.561. The highest BCUT2D eigenvalue weighted by atomic mass is 16.7. The van der Waals surface area contributed by atoms with Gasteiger partial charge in [0.25, 0.3) is 0 Å². The van der Waals surface area contributed by atoms with Gasteiger partial charge in [-0.3, -0.25) is 9.63 Å². The lowest BCUT2D eigenvalue weighted by molar-refractivity contribution is -0.119. The van der Waals surface area contributed by atoms with Crippen LogP contribution in [0.4, 0.5) is 4.79 Å². The molecular weight excluding hydrogens is 188 g/mol. The Morgan fingerprint density at radius 3 is 2.36 bits per heavy atom. The number of rotatable bonds is 4. The molecule has 0 aliphatic heterocycles. The van der Waals surface area contributed by atoms with Gasteiger partial charge in [0.15, 0.2) is 0 Å². The van der Waals surface area contributed by atoms with Crippen molar-refractivity contribution in [1.29, 1.82) is 0 Å². The van der Waals surface area contributed by atoms with Gasteiger partial charge in [0.2, 0.25) is 5.91 Å². The second kappa shape index (κ2) is 5.43. The summed E-state index contributed by atoms with van der Waals surface area (Å²) in [6, 6.07) is 0. The maximum absolute atomic E-state index is 10.9. The predicted molar refractivity (Wildman–Crippen MR) is 49.1 cm³/mol. The molecule has 6 nitrogen and oxygen atoms in total. The minimum atomic E-state index is -0.693. The largest absolute Gasteiger partial charge is 0.442 e. The Morgan fingerprint density at radius 2 is 1.93 bits per heavy atom. The van der Waals surface area contributed by atoms with E-state index in [1.807, 2.05) is 5.48 Å². The van der Waals surface area contributed by atoms with Crippen LogP contribution in [-0.2, 0) is 14.4 Å². The van der Waals surface area contributed by atoms with Crippen LogP contribution in [0.25, 0.3) is 0 Å². The van der Waals surface area contributed by atoms with E-state index < -0.39 is 17.6 Å². The molecule has 0 spiro atoms. The topological polar surface area (TPSA) is 90.7 Å². The van der Waals surface area contributed by atoms with Gasteiger partial charge < -0.3 is 10.5 Å². The van der Waals surface area contributed by atoms with E-state index in [0.29, 0.717) is 0 Å². The molecule has 2 amide bonds. The van der Waals surface area contributed by atoms with Gasteiger partial charge in [0.1, 0.15) is 5.60 Å². The van der Waals surface area contributed by atoms with Gasteiger partial charge in [-0.1, -0.05) is 0 Å². The molecule has 0 bridgehead atoms. The summed E-state index contributed by atoms with van der Waals surface area (Å²) in [6.07, 6.45) is -0.641. The van der Waals surface area contributed by atoms with Crippen LogP contribution in [0.2, 0.25) is 0 Å². The minimum absolute atomic E-state index is 0.0363. The third-order valence-corrected chi connectivity index (χ3v) is 1.00. The Labute approximate surface area is 82.7 Å². The highest BCUT2D eigenvalue weighted by Gasteiger charge is 2.15. The van der Waals surface area contributed by atoms with E-state index in [2.05, 4.69) is 4.84 Å². The molecule has 0 heterocycles. The predicted octanol–water partition coefficient (Wildman–Crippen LogP) is 0.318. The van der Waals surface area contributed by atoms with Crippen molar-refractivity contribution in [3.63, 3.8) is 0 Å². The lowest BCUT2D eigenvalue weighted by Gasteiger charge is -2.19. The molecule has 0 aliphatic carbocycles. The summed E-state index contributed by atoms with van der Waals surface area (Å²) in [5.41, 5.74) is 6.30. The average molecular weight is 204 g/mol. The number of hydrogen-bond acceptors (Lipinski definition) is 4. The van der Waals surface area contributed by atoms with Crippen LogP contribution < -0.4 is 11.2 Å². The number of amides is 2. The number of carbonyl (C=O) groups is 2. The highest BCUT2D eigenvalue weighted by Crippen LogP contribution is 2.06. The summed E-state index contributed by atoms with van der Waals surface area (Å²) in [4.78, 5) is 25.8. The number of hydroxylamine groups is 1. The molecule has 14 heavy (non-hydrogen) atoms. The summed E-state index contributed by atoms with van der Waals surface area (Å²) < 4.78 is 4.85. The summed E-state index contributed by atoms with van der Waals surface area (Å²) >= 11 is 0. The van der Waals surface area contributed by atoms with Crippen LogP contribution in [0.3, 0.4) is 0 Å². The van der Waals surface area contributed by atoms with E-state index in [9.17, 15) is 9.59 Å². The Kier molecular flexibility index (Phi) is 4.93. The zero-order valence-corrected chi connectivity index (χ0v) is 8.62. The van der Waals surface area contributed by atoms with Gasteiger partial charge in [-0.2, -0.15) is 5.48 Å². The van der Waals surface area contributed by atoms with Crippen LogP contribution in [0.5, 0.6) is 0 Å². The molecule has 0 atom stereocenters. The maximum atomic E-state index is 10.9. The summed E-state index contributed by atoms with van der Waals surface area (Å²) in [5.74, 6) is -0.490. The standard InChI is InChI=1S/C8H16N2O4/c1-8(2,3)14-7(12)10-13-5-4-6(9)11/h4-5H2,1-3H3,(H2,9,11)(H,10,12). The van der Waals surface area contributed by atoms with Crippen molar-refractivity contribution >= 4 is 12.0 Å². The van der Waals surface area contributed by atoms with Gasteiger partial charge in [0.05, 0.1) is 13.0 Å². The van der Waals surface area contributed by atoms with E-state index in [4.69, 9.17) is 10.5 Å². The molecule has 0 aromatic rings. The third-order valence-electron chi connectivity index (χ3n) is 1.00. The average Bonchev–Trinajstić information content (AvgIpc) is 1.94. The zero-order chi connectivity index (χ0) is 11.2. The summed E-state index contributed by atoms with van der Waals surface area (Å²) in [6.45, 7) is 5.23. The third kappa shape index (κ3) is 8.79. The number of carbonyl (C=O) groups excluding carboxylic acids is 2. The fourth-order valence-corrected chi connectivity index (χ4v) is 0.561. The number of hydrogen-bond donors (Lipinski definition) is 2. The van der Waals surface area contributed by atoms with E-state index in [1.165, 1.54) is 0 Å². The Morgan fingerprint density at radius 1 is 1.36 bits per heavy atom. The van der Waals surface area contributed by atoms with Crippen molar-refractivity contribution in [2.75, 3.05) is 6.61 Å². The first-order valence-corrected chi connectivity index (χ1v) is 4.20. The van der Waals surface area contributed by atoms with E-state index in [0.717, 1.165) is 0 Å². The van der Waals surface area contributed by atoms with Crippen LogP contribution in [0.15, 0.2) is 0 Å². The number of primary amides is 1. The molecule has 0 unspecified atom stereocenters. The van der Waals surface area contributed by atoms with Gasteiger partial charge in [-0.15, -0.1) is 0 Å². The number of nitrogens with two attached hydrogens (primary N) is 1. The molecular formula is C8H16N2O4. The SMILES string of the molecule is CC(C)(C)OC(=O)NOCCC(N)=O. The van der Waals surface area contributed by atoms with Crippen molar-refractivity contribution in [2.45, 2.75) is 32.8 Å². The lowest BCUT2D eigenvalue weighted by atomic mass is 10.2. The summed E-state index contributed by atoms with van der Waals surface area (Å²) in [7, 11) is 0. The summed E-state index contributed by atoms with van der Waals surface area (Å²) in [5, 5.41) is 0. The zero-order valence-electron chi connectivity index (χ0n) is 8.62. The van der Waals surface area contributed by atoms with Gasteiger partial charge in [-0.25, -0.2) is 4.79 Å². The van der Waals surface area contributed by atoms with E-state index in [1.54, 1.807) is 20.8 Å². The Bertz CT molecular complexity index is 210.